The van der Waals surface area contributed by atoms with Gasteiger partial charge in [-0.05, 0) is 70.7 Å². The zero-order chi connectivity index (χ0) is 18.1. The number of hydrogen-bond donors (Lipinski definition) is 1. The Balaban J connectivity index is 1.82. The Morgan fingerprint density at radius 1 is 0.920 bits per heavy atom. The fourth-order valence-corrected chi connectivity index (χ4v) is 3.03. The summed E-state index contributed by atoms with van der Waals surface area (Å²) in [6.45, 7) is 4.55. The van der Waals surface area contributed by atoms with Crippen LogP contribution in [0, 0.1) is 0 Å². The summed E-state index contributed by atoms with van der Waals surface area (Å²) in [6, 6.07) is 12.3. The second-order valence-electron chi connectivity index (χ2n) is 5.73. The minimum atomic E-state index is 0.738. The molecule has 0 atom stereocenters. The molecular weight excluding hydrogens is 382 g/mol. The van der Waals surface area contributed by atoms with E-state index in [1.807, 2.05) is 18.2 Å². The van der Waals surface area contributed by atoms with E-state index in [1.165, 1.54) is 11.1 Å². The first-order valence-corrected chi connectivity index (χ1v) is 9.30. The molecule has 0 aliphatic heterocycles. The van der Waals surface area contributed by atoms with Gasteiger partial charge in [-0.3, -0.25) is 0 Å². The van der Waals surface area contributed by atoms with E-state index in [0.29, 0.717) is 0 Å². The molecule has 0 aliphatic rings. The van der Waals surface area contributed by atoms with Gasteiger partial charge >= 0.3 is 0 Å². The van der Waals surface area contributed by atoms with E-state index in [2.05, 4.69) is 46.4 Å². The largest absolute Gasteiger partial charge is 0.493 e. The van der Waals surface area contributed by atoms with Crippen LogP contribution in [0.15, 0.2) is 40.9 Å². The summed E-state index contributed by atoms with van der Waals surface area (Å²) in [5.41, 5.74) is 2.44. The van der Waals surface area contributed by atoms with Crippen LogP contribution in [0.2, 0.25) is 0 Å². The fourth-order valence-electron chi connectivity index (χ4n) is 2.48. The van der Waals surface area contributed by atoms with Gasteiger partial charge in [0.15, 0.2) is 11.5 Å². The van der Waals surface area contributed by atoms with Crippen LogP contribution in [0.5, 0.6) is 17.2 Å². The van der Waals surface area contributed by atoms with Crippen molar-refractivity contribution in [1.82, 2.24) is 5.32 Å². The smallest absolute Gasteiger partial charge is 0.160 e. The zero-order valence-corrected chi connectivity index (χ0v) is 16.7. The number of benzene rings is 2. The van der Waals surface area contributed by atoms with E-state index in [1.54, 1.807) is 14.2 Å². The highest BCUT2D eigenvalue weighted by molar-refractivity contribution is 9.10. The van der Waals surface area contributed by atoms with Crippen molar-refractivity contribution >= 4 is 15.9 Å². The predicted octanol–water partition coefficient (Wildman–Crippen LogP) is 4.59. The fraction of sp³-hybridized carbons (Fsp3) is 0.400. The van der Waals surface area contributed by atoms with Crippen LogP contribution in [-0.4, -0.2) is 27.4 Å². The molecule has 0 saturated heterocycles. The van der Waals surface area contributed by atoms with Crippen molar-refractivity contribution < 1.29 is 14.2 Å². The Labute approximate surface area is 158 Å². The summed E-state index contributed by atoms with van der Waals surface area (Å²) in [7, 11) is 3.31. The molecule has 0 aromatic heterocycles. The average molecular weight is 408 g/mol. The quantitative estimate of drug-likeness (QED) is 0.584. The highest BCUT2D eigenvalue weighted by Crippen LogP contribution is 2.28. The lowest BCUT2D eigenvalue weighted by Crippen LogP contribution is -2.16. The Morgan fingerprint density at radius 3 is 2.32 bits per heavy atom. The molecule has 25 heavy (non-hydrogen) atoms. The van der Waals surface area contributed by atoms with Gasteiger partial charge in [-0.1, -0.05) is 19.1 Å². The Morgan fingerprint density at radius 2 is 1.64 bits per heavy atom. The summed E-state index contributed by atoms with van der Waals surface area (Å²) < 4.78 is 17.3. The van der Waals surface area contributed by atoms with Crippen LogP contribution >= 0.6 is 15.9 Å². The topological polar surface area (TPSA) is 39.7 Å². The maximum Gasteiger partial charge on any atom is 0.160 e. The third-order valence-electron chi connectivity index (χ3n) is 3.83. The molecule has 0 bridgehead atoms. The molecule has 0 amide bonds. The number of hydrogen-bond acceptors (Lipinski definition) is 4. The maximum absolute atomic E-state index is 5.68. The maximum atomic E-state index is 5.68. The minimum Gasteiger partial charge on any atom is -0.493 e. The third-order valence-corrected chi connectivity index (χ3v) is 4.45. The summed E-state index contributed by atoms with van der Waals surface area (Å²) in [5.74, 6) is 2.43. The third kappa shape index (κ3) is 5.94. The van der Waals surface area contributed by atoms with E-state index < -0.39 is 0 Å². The summed E-state index contributed by atoms with van der Waals surface area (Å²) in [4.78, 5) is 0. The van der Waals surface area contributed by atoms with E-state index in [4.69, 9.17) is 14.2 Å². The molecule has 0 heterocycles. The first kappa shape index (κ1) is 19.6. The van der Waals surface area contributed by atoms with E-state index in [0.717, 1.165) is 54.3 Å². The number of methoxy groups -OCH3 is 2. The molecule has 136 valence electrons. The normalized spacial score (nSPS) is 10.6. The molecule has 2 rings (SSSR count). The standard InChI is InChI=1S/C20H26BrNO3/c1-4-11-25-18-7-6-16(12-17(18)21)14-22-10-9-15-5-8-19(23-2)20(13-15)24-3/h5-8,12-13,22H,4,9-11,14H2,1-3H3. The van der Waals surface area contributed by atoms with Gasteiger partial charge in [0.25, 0.3) is 0 Å². The molecule has 0 radical (unpaired) electrons. The minimum absolute atomic E-state index is 0.738. The van der Waals surface area contributed by atoms with Crippen molar-refractivity contribution in [3.8, 4) is 17.2 Å². The van der Waals surface area contributed by atoms with Crippen molar-refractivity contribution in [2.75, 3.05) is 27.4 Å². The molecule has 0 unspecified atom stereocenters. The van der Waals surface area contributed by atoms with Gasteiger partial charge in [-0.25, -0.2) is 0 Å². The number of ether oxygens (including phenoxy) is 3. The average Bonchev–Trinajstić information content (AvgIpc) is 2.64. The molecule has 0 spiro atoms. The molecule has 1 N–H and O–H groups in total. The van der Waals surface area contributed by atoms with Crippen LogP contribution in [0.25, 0.3) is 0 Å². The Bertz CT molecular complexity index is 676. The molecule has 2 aromatic carbocycles. The lowest BCUT2D eigenvalue weighted by molar-refractivity contribution is 0.315. The molecule has 0 aliphatic carbocycles. The molecule has 5 heteroatoms. The van der Waals surface area contributed by atoms with Crippen molar-refractivity contribution in [3.63, 3.8) is 0 Å². The van der Waals surface area contributed by atoms with Gasteiger partial charge in [-0.2, -0.15) is 0 Å². The molecule has 4 nitrogen and oxygen atoms in total. The lowest BCUT2D eigenvalue weighted by Gasteiger charge is -2.11. The summed E-state index contributed by atoms with van der Waals surface area (Å²) >= 11 is 3.57. The van der Waals surface area contributed by atoms with Crippen LogP contribution in [0.3, 0.4) is 0 Å². The van der Waals surface area contributed by atoms with E-state index in [-0.39, 0.29) is 0 Å². The lowest BCUT2D eigenvalue weighted by atomic mass is 10.1. The second-order valence-corrected chi connectivity index (χ2v) is 6.58. The Kier molecular flexibility index (Phi) is 8.09. The van der Waals surface area contributed by atoms with Crippen molar-refractivity contribution in [3.05, 3.63) is 52.0 Å². The number of nitrogens with one attached hydrogen (secondary N) is 1. The summed E-state index contributed by atoms with van der Waals surface area (Å²) in [6.07, 6.45) is 1.94. The SMILES string of the molecule is CCCOc1ccc(CNCCc2ccc(OC)c(OC)c2)cc1Br. The second kappa shape index (κ2) is 10.3. The molecule has 0 fully saturated rings. The van der Waals surface area contributed by atoms with Crippen molar-refractivity contribution in [2.45, 2.75) is 26.3 Å². The molecule has 2 aromatic rings. The van der Waals surface area contributed by atoms with E-state index in [9.17, 15) is 0 Å². The molecule has 0 saturated carbocycles. The van der Waals surface area contributed by atoms with Crippen LogP contribution < -0.4 is 19.5 Å². The van der Waals surface area contributed by atoms with Crippen molar-refractivity contribution in [1.29, 1.82) is 0 Å². The van der Waals surface area contributed by atoms with Crippen LogP contribution in [-0.2, 0) is 13.0 Å². The first-order valence-electron chi connectivity index (χ1n) is 8.50. The highest BCUT2D eigenvalue weighted by Gasteiger charge is 2.05. The summed E-state index contributed by atoms with van der Waals surface area (Å²) in [5, 5.41) is 3.47. The zero-order valence-electron chi connectivity index (χ0n) is 15.1. The van der Waals surface area contributed by atoms with Gasteiger partial charge in [0.05, 0.1) is 25.3 Å². The van der Waals surface area contributed by atoms with Gasteiger partial charge in [-0.15, -0.1) is 0 Å². The van der Waals surface area contributed by atoms with Gasteiger partial charge in [0, 0.05) is 6.54 Å². The highest BCUT2D eigenvalue weighted by atomic mass is 79.9. The number of rotatable bonds is 10. The molecular formula is C20H26BrNO3. The van der Waals surface area contributed by atoms with Gasteiger partial charge in [0.2, 0.25) is 0 Å². The van der Waals surface area contributed by atoms with Gasteiger partial charge < -0.3 is 19.5 Å². The van der Waals surface area contributed by atoms with Crippen molar-refractivity contribution in [2.24, 2.45) is 0 Å². The predicted molar refractivity (Wildman–Crippen MR) is 105 cm³/mol. The van der Waals surface area contributed by atoms with Crippen LogP contribution in [0.4, 0.5) is 0 Å². The number of halogens is 1. The van der Waals surface area contributed by atoms with Gasteiger partial charge in [0.1, 0.15) is 5.75 Å². The van der Waals surface area contributed by atoms with E-state index >= 15 is 0 Å². The Hall–Kier alpha value is -1.72. The van der Waals surface area contributed by atoms with Crippen LogP contribution in [0.1, 0.15) is 24.5 Å². The monoisotopic (exact) mass is 407 g/mol. The first-order chi connectivity index (χ1) is 12.2.